The summed E-state index contributed by atoms with van der Waals surface area (Å²) in [5, 5.41) is 14.4. The number of aromatic nitrogens is 1. The third-order valence-electron chi connectivity index (χ3n) is 2.47. The molecule has 1 fully saturated rings. The van der Waals surface area contributed by atoms with Gasteiger partial charge < -0.3 is 11.1 Å². The number of pyridine rings is 1. The fourth-order valence-corrected chi connectivity index (χ4v) is 4.22. The number of nitrogens with zero attached hydrogens (tertiary/aromatic N) is 2. The van der Waals surface area contributed by atoms with E-state index in [1.165, 1.54) is 17.9 Å². The molecule has 3 N–H and O–H groups in total. The van der Waals surface area contributed by atoms with Crippen LogP contribution in [0.15, 0.2) is 12.1 Å². The number of hydrogen-bond donors (Lipinski definition) is 2. The molecule has 1 aliphatic rings. The summed E-state index contributed by atoms with van der Waals surface area (Å²) in [4.78, 5) is 14.4. The van der Waals surface area contributed by atoms with Crippen LogP contribution in [0, 0.1) is 10.1 Å². The maximum Gasteiger partial charge on any atom is 0.311 e. The van der Waals surface area contributed by atoms with Crippen molar-refractivity contribution in [3.63, 3.8) is 0 Å². The Kier molecular flexibility index (Phi) is 4.54. The Bertz CT molecular complexity index is 438. The predicted octanol–water partition coefficient (Wildman–Crippen LogP) is 1.83. The van der Waals surface area contributed by atoms with Crippen molar-refractivity contribution in [3.8, 4) is 0 Å². The normalized spacial score (nSPS) is 19.4. The van der Waals surface area contributed by atoms with Gasteiger partial charge in [0.2, 0.25) is 5.82 Å². The second kappa shape index (κ2) is 6.14. The van der Waals surface area contributed by atoms with Crippen molar-refractivity contribution in [1.82, 2.24) is 4.98 Å². The number of anilines is 2. The second-order valence-corrected chi connectivity index (χ2v) is 6.37. The van der Waals surface area contributed by atoms with Gasteiger partial charge in [-0.25, -0.2) is 4.98 Å². The van der Waals surface area contributed by atoms with Crippen LogP contribution < -0.4 is 11.1 Å². The van der Waals surface area contributed by atoms with Crippen molar-refractivity contribution in [2.24, 2.45) is 0 Å². The largest absolute Gasteiger partial charge is 0.384 e. The summed E-state index contributed by atoms with van der Waals surface area (Å²) in [6.45, 7) is 0.676. The van der Waals surface area contributed by atoms with E-state index in [2.05, 4.69) is 10.3 Å². The van der Waals surface area contributed by atoms with E-state index in [0.29, 0.717) is 11.8 Å². The van der Waals surface area contributed by atoms with Gasteiger partial charge in [-0.1, -0.05) is 0 Å². The Balaban J connectivity index is 2.03. The van der Waals surface area contributed by atoms with Crippen molar-refractivity contribution in [2.45, 2.75) is 5.25 Å². The summed E-state index contributed by atoms with van der Waals surface area (Å²) in [5.41, 5.74) is 5.52. The Morgan fingerprint density at radius 1 is 1.56 bits per heavy atom. The average Bonchev–Trinajstić information content (AvgIpc) is 2.37. The summed E-state index contributed by atoms with van der Waals surface area (Å²) in [5.74, 6) is 3.92. The van der Waals surface area contributed by atoms with Crippen LogP contribution in [0.1, 0.15) is 0 Å². The second-order valence-electron chi connectivity index (χ2n) is 3.81. The summed E-state index contributed by atoms with van der Waals surface area (Å²) in [6.07, 6.45) is 0. The van der Waals surface area contributed by atoms with E-state index < -0.39 is 4.92 Å². The SMILES string of the molecule is Nc1ccc([N+](=O)[O-])c(NCC2CSCCS2)n1. The van der Waals surface area contributed by atoms with Gasteiger partial charge in [0.25, 0.3) is 0 Å². The minimum absolute atomic E-state index is 0.0299. The number of thioether (sulfide) groups is 2. The summed E-state index contributed by atoms with van der Waals surface area (Å²) in [6, 6.07) is 2.82. The fraction of sp³-hybridized carbons (Fsp3) is 0.500. The van der Waals surface area contributed by atoms with Crippen LogP contribution in [0.25, 0.3) is 0 Å². The van der Waals surface area contributed by atoms with E-state index in [9.17, 15) is 10.1 Å². The van der Waals surface area contributed by atoms with Crippen molar-refractivity contribution in [2.75, 3.05) is 34.9 Å². The number of nitrogens with two attached hydrogens (primary N) is 1. The van der Waals surface area contributed by atoms with Gasteiger partial charge >= 0.3 is 5.69 Å². The smallest absolute Gasteiger partial charge is 0.311 e. The molecular weight excluding hydrogens is 272 g/mol. The third-order valence-corrected chi connectivity index (χ3v) is 5.32. The number of hydrogen-bond acceptors (Lipinski definition) is 7. The van der Waals surface area contributed by atoms with Gasteiger partial charge in [0.1, 0.15) is 5.82 Å². The Morgan fingerprint density at radius 2 is 2.39 bits per heavy atom. The molecule has 6 nitrogen and oxygen atoms in total. The molecule has 0 amide bonds. The molecule has 0 spiro atoms. The van der Waals surface area contributed by atoms with Crippen LogP contribution in [0.2, 0.25) is 0 Å². The monoisotopic (exact) mass is 286 g/mol. The molecule has 18 heavy (non-hydrogen) atoms. The van der Waals surface area contributed by atoms with Crippen molar-refractivity contribution in [1.29, 1.82) is 0 Å². The van der Waals surface area contributed by atoms with Crippen LogP contribution in [0.5, 0.6) is 0 Å². The van der Waals surface area contributed by atoms with Gasteiger partial charge in [0.05, 0.1) is 4.92 Å². The molecule has 0 saturated carbocycles. The van der Waals surface area contributed by atoms with Crippen LogP contribution >= 0.6 is 23.5 Å². The van der Waals surface area contributed by atoms with Crippen molar-refractivity contribution in [3.05, 3.63) is 22.2 Å². The zero-order valence-corrected chi connectivity index (χ0v) is 11.3. The molecule has 2 heterocycles. The predicted molar refractivity (Wildman–Crippen MR) is 77.4 cm³/mol. The van der Waals surface area contributed by atoms with Crippen molar-refractivity contribution >= 4 is 40.8 Å². The highest BCUT2D eigenvalue weighted by molar-refractivity contribution is 8.06. The quantitative estimate of drug-likeness (QED) is 0.644. The minimum Gasteiger partial charge on any atom is -0.384 e. The molecule has 2 rings (SSSR count). The lowest BCUT2D eigenvalue weighted by atomic mass is 10.3. The molecule has 0 bridgehead atoms. The lowest BCUT2D eigenvalue weighted by molar-refractivity contribution is -0.384. The molecule has 1 aromatic heterocycles. The van der Waals surface area contributed by atoms with E-state index in [-0.39, 0.29) is 17.3 Å². The molecule has 1 atom stereocenters. The number of nitrogen functional groups attached to an aromatic ring is 1. The van der Waals surface area contributed by atoms with Crippen LogP contribution in [-0.4, -0.2) is 39.0 Å². The lowest BCUT2D eigenvalue weighted by Gasteiger charge is -2.21. The van der Waals surface area contributed by atoms with Crippen LogP contribution in [0.4, 0.5) is 17.3 Å². The van der Waals surface area contributed by atoms with Crippen LogP contribution in [-0.2, 0) is 0 Å². The van der Waals surface area contributed by atoms with E-state index in [1.54, 1.807) is 0 Å². The topological polar surface area (TPSA) is 94.1 Å². The van der Waals surface area contributed by atoms with Gasteiger partial charge in [-0.3, -0.25) is 10.1 Å². The summed E-state index contributed by atoms with van der Waals surface area (Å²) < 4.78 is 0. The maximum atomic E-state index is 10.9. The molecule has 98 valence electrons. The molecule has 1 aliphatic heterocycles. The summed E-state index contributed by atoms with van der Waals surface area (Å²) >= 11 is 3.80. The molecule has 8 heteroatoms. The molecule has 1 unspecified atom stereocenters. The molecule has 0 radical (unpaired) electrons. The van der Waals surface area contributed by atoms with E-state index >= 15 is 0 Å². The first-order valence-electron chi connectivity index (χ1n) is 5.51. The maximum absolute atomic E-state index is 10.9. The van der Waals surface area contributed by atoms with Gasteiger partial charge in [-0.15, -0.1) is 0 Å². The van der Waals surface area contributed by atoms with E-state index in [1.807, 2.05) is 23.5 Å². The molecule has 0 aromatic carbocycles. The Hall–Kier alpha value is -1.15. The third kappa shape index (κ3) is 3.42. The first-order chi connectivity index (χ1) is 8.66. The molecule has 1 saturated heterocycles. The Labute approximate surface area is 113 Å². The fourth-order valence-electron chi connectivity index (χ4n) is 1.61. The number of rotatable bonds is 4. The summed E-state index contributed by atoms with van der Waals surface area (Å²) in [7, 11) is 0. The molecular formula is C10H14N4O2S2. The highest BCUT2D eigenvalue weighted by atomic mass is 32.2. The zero-order valence-electron chi connectivity index (χ0n) is 9.67. The van der Waals surface area contributed by atoms with Crippen molar-refractivity contribution < 1.29 is 4.92 Å². The van der Waals surface area contributed by atoms with E-state index in [4.69, 9.17) is 5.73 Å². The molecule has 1 aromatic rings. The number of nitrogens with one attached hydrogen (secondary N) is 1. The Morgan fingerprint density at radius 3 is 3.06 bits per heavy atom. The first kappa shape index (κ1) is 13.3. The molecule has 0 aliphatic carbocycles. The zero-order chi connectivity index (χ0) is 13.0. The minimum atomic E-state index is -0.447. The van der Waals surface area contributed by atoms with Gasteiger partial charge in [-0.05, 0) is 6.07 Å². The number of nitro groups is 1. The standard InChI is InChI=1S/C10H14N4O2S2/c11-9-2-1-8(14(15)16)10(13-9)12-5-7-6-17-3-4-18-7/h1-2,7H,3-6H2,(H3,11,12,13). The lowest BCUT2D eigenvalue weighted by Crippen LogP contribution is -2.24. The van der Waals surface area contributed by atoms with Gasteiger partial charge in [-0.2, -0.15) is 23.5 Å². The first-order valence-corrected chi connectivity index (χ1v) is 7.71. The average molecular weight is 286 g/mol. The van der Waals surface area contributed by atoms with Gasteiger partial charge in [0, 0.05) is 35.1 Å². The highest BCUT2D eigenvalue weighted by Gasteiger charge is 2.18. The van der Waals surface area contributed by atoms with Gasteiger partial charge in [0.15, 0.2) is 0 Å². The highest BCUT2D eigenvalue weighted by Crippen LogP contribution is 2.26. The van der Waals surface area contributed by atoms with E-state index in [0.717, 1.165) is 11.5 Å². The van der Waals surface area contributed by atoms with Crippen LogP contribution in [0.3, 0.4) is 0 Å².